The molecule has 3 aromatic rings. The van der Waals surface area contributed by atoms with E-state index in [9.17, 15) is 0 Å². The molecule has 1 heterocycles. The molecule has 25 heavy (non-hydrogen) atoms. The number of ether oxygens (including phenoxy) is 1. The molecule has 2 aromatic carbocycles. The van der Waals surface area contributed by atoms with Crippen LogP contribution in [0.4, 0.5) is 0 Å². The fourth-order valence-corrected chi connectivity index (χ4v) is 3.09. The van der Waals surface area contributed by atoms with Gasteiger partial charge in [-0.1, -0.05) is 28.1 Å². The molecule has 1 N–H and O–H groups in total. The molecule has 0 saturated carbocycles. The van der Waals surface area contributed by atoms with Crippen LogP contribution in [0.1, 0.15) is 17.0 Å². The molecule has 0 aliphatic heterocycles. The van der Waals surface area contributed by atoms with E-state index in [-0.39, 0.29) is 0 Å². The van der Waals surface area contributed by atoms with Gasteiger partial charge in [0.05, 0.1) is 10.7 Å². The van der Waals surface area contributed by atoms with Crippen molar-refractivity contribution in [1.29, 1.82) is 0 Å². The van der Waals surface area contributed by atoms with Crippen LogP contribution in [-0.4, -0.2) is 21.1 Å². The summed E-state index contributed by atoms with van der Waals surface area (Å²) in [4.78, 5) is 0. The highest BCUT2D eigenvalue weighted by Crippen LogP contribution is 2.26. The summed E-state index contributed by atoms with van der Waals surface area (Å²) in [6.07, 6.45) is 1.72. The van der Waals surface area contributed by atoms with E-state index in [1.807, 2.05) is 49.4 Å². The van der Waals surface area contributed by atoms with Crippen LogP contribution < -0.4 is 4.74 Å². The lowest BCUT2D eigenvalue weighted by atomic mass is 10.2. The average Bonchev–Trinajstić information content (AvgIpc) is 2.92. The van der Waals surface area contributed by atoms with Gasteiger partial charge in [0.1, 0.15) is 18.2 Å². The van der Waals surface area contributed by atoms with Crippen LogP contribution in [0.25, 0.3) is 0 Å². The number of nitrogens with zero attached hydrogens (tertiary/aromatic N) is 3. The van der Waals surface area contributed by atoms with Crippen molar-refractivity contribution in [3.63, 3.8) is 0 Å². The quantitative estimate of drug-likeness (QED) is 0.400. The maximum Gasteiger partial charge on any atom is 0.216 e. The molecule has 0 spiro atoms. The van der Waals surface area contributed by atoms with E-state index in [1.165, 1.54) is 0 Å². The molecule has 0 bridgehead atoms. The third-order valence-electron chi connectivity index (χ3n) is 3.40. The molecule has 0 radical (unpaired) electrons. The average molecular weight is 482 g/mol. The van der Waals surface area contributed by atoms with Gasteiger partial charge in [-0.05, 0) is 76.5 Å². The van der Waals surface area contributed by atoms with Crippen LogP contribution >= 0.6 is 44.1 Å². The van der Waals surface area contributed by atoms with Crippen LogP contribution in [0.15, 0.2) is 56.5 Å². The minimum absolute atomic E-state index is 0.460. The van der Waals surface area contributed by atoms with E-state index in [4.69, 9.17) is 17.0 Å². The number of benzene rings is 2. The van der Waals surface area contributed by atoms with Crippen molar-refractivity contribution in [2.45, 2.75) is 13.5 Å². The summed E-state index contributed by atoms with van der Waals surface area (Å²) in [5.74, 6) is 1.48. The lowest BCUT2D eigenvalue weighted by Gasteiger charge is -2.09. The molecule has 5 nitrogen and oxygen atoms in total. The van der Waals surface area contributed by atoms with Gasteiger partial charge in [0.25, 0.3) is 0 Å². The van der Waals surface area contributed by atoms with Crippen LogP contribution in [0, 0.1) is 11.7 Å². The fraction of sp³-hybridized carbons (Fsp3) is 0.118. The predicted molar refractivity (Wildman–Crippen MR) is 108 cm³/mol. The van der Waals surface area contributed by atoms with Gasteiger partial charge in [-0.25, -0.2) is 0 Å². The first-order valence-corrected chi connectivity index (χ1v) is 9.37. The van der Waals surface area contributed by atoms with Crippen LogP contribution in [-0.2, 0) is 6.61 Å². The van der Waals surface area contributed by atoms with Crippen molar-refractivity contribution in [2.24, 2.45) is 5.10 Å². The Hall–Kier alpha value is -1.77. The van der Waals surface area contributed by atoms with E-state index >= 15 is 0 Å². The monoisotopic (exact) mass is 480 g/mol. The summed E-state index contributed by atoms with van der Waals surface area (Å²) >= 11 is 12.1. The first-order chi connectivity index (χ1) is 12.0. The standard InChI is InChI=1S/C17H14Br2N4OS/c1-11-21-22-17(25)23(11)20-9-13-4-7-16(15(19)8-13)24-10-12-2-5-14(18)6-3-12/h2-9H,10H2,1H3,(H,22,25)/b20-9-. The summed E-state index contributed by atoms with van der Waals surface area (Å²) < 4.78 is 9.81. The first kappa shape index (κ1) is 18.0. The zero-order valence-electron chi connectivity index (χ0n) is 13.2. The number of rotatable bonds is 5. The maximum absolute atomic E-state index is 5.86. The van der Waals surface area contributed by atoms with Gasteiger partial charge in [-0.3, -0.25) is 5.10 Å². The molecule has 0 atom stereocenters. The molecule has 128 valence electrons. The Balaban J connectivity index is 1.70. The number of aromatic nitrogens is 3. The molecule has 3 rings (SSSR count). The number of halogens is 2. The molecule has 8 heteroatoms. The summed E-state index contributed by atoms with van der Waals surface area (Å²) in [7, 11) is 0. The van der Waals surface area contributed by atoms with E-state index in [0.717, 1.165) is 25.8 Å². The second-order valence-electron chi connectivity index (χ2n) is 5.24. The Morgan fingerprint density at radius 1 is 1.24 bits per heavy atom. The summed E-state index contributed by atoms with van der Waals surface area (Å²) in [5, 5.41) is 11.1. The van der Waals surface area contributed by atoms with E-state index < -0.39 is 0 Å². The lowest BCUT2D eigenvalue weighted by molar-refractivity contribution is 0.304. The van der Waals surface area contributed by atoms with Gasteiger partial charge < -0.3 is 4.74 Å². The van der Waals surface area contributed by atoms with Crippen LogP contribution in [0.5, 0.6) is 5.75 Å². The molecule has 1 aromatic heterocycles. The minimum Gasteiger partial charge on any atom is -0.488 e. The molecule has 0 aliphatic rings. The Bertz CT molecular complexity index is 964. The Labute approximate surface area is 167 Å². The van der Waals surface area contributed by atoms with Crippen LogP contribution in [0.3, 0.4) is 0 Å². The summed E-state index contributed by atoms with van der Waals surface area (Å²) in [6, 6.07) is 13.8. The maximum atomic E-state index is 5.86. The topological polar surface area (TPSA) is 55.2 Å². The van der Waals surface area contributed by atoms with Crippen molar-refractivity contribution in [1.82, 2.24) is 14.9 Å². The van der Waals surface area contributed by atoms with Gasteiger partial charge >= 0.3 is 0 Å². The highest BCUT2D eigenvalue weighted by Gasteiger charge is 2.04. The number of aryl methyl sites for hydroxylation is 1. The Morgan fingerprint density at radius 3 is 2.64 bits per heavy atom. The number of hydrogen-bond donors (Lipinski definition) is 1. The van der Waals surface area contributed by atoms with E-state index in [2.05, 4.69) is 47.2 Å². The molecule has 0 amide bonds. The molecular weight excluding hydrogens is 468 g/mol. The zero-order valence-corrected chi connectivity index (χ0v) is 17.2. The Morgan fingerprint density at radius 2 is 2.00 bits per heavy atom. The number of nitrogens with one attached hydrogen (secondary N) is 1. The van der Waals surface area contributed by atoms with E-state index in [1.54, 1.807) is 10.9 Å². The summed E-state index contributed by atoms with van der Waals surface area (Å²) in [5.41, 5.74) is 2.02. The SMILES string of the molecule is Cc1n[nH]c(=S)n1/N=C\c1ccc(OCc2ccc(Br)cc2)c(Br)c1. The lowest BCUT2D eigenvalue weighted by Crippen LogP contribution is -1.97. The van der Waals surface area contributed by atoms with Crippen LogP contribution in [0.2, 0.25) is 0 Å². The highest BCUT2D eigenvalue weighted by molar-refractivity contribution is 9.10. The molecule has 0 unspecified atom stereocenters. The van der Waals surface area contributed by atoms with Crippen molar-refractivity contribution >= 4 is 50.3 Å². The molecule has 0 saturated heterocycles. The second kappa shape index (κ2) is 8.07. The predicted octanol–water partition coefficient (Wildman–Crippen LogP) is 5.24. The van der Waals surface area contributed by atoms with Gasteiger partial charge in [-0.15, -0.1) is 0 Å². The Kier molecular flexibility index (Phi) is 5.82. The number of H-pyrrole nitrogens is 1. The third kappa shape index (κ3) is 4.65. The number of hydrogen-bond acceptors (Lipinski definition) is 4. The van der Waals surface area contributed by atoms with E-state index in [0.29, 0.717) is 17.2 Å². The molecular formula is C17H14Br2N4OS. The zero-order chi connectivity index (χ0) is 17.8. The normalized spacial score (nSPS) is 11.2. The number of aromatic amines is 1. The van der Waals surface area contributed by atoms with Gasteiger partial charge in [0.15, 0.2) is 0 Å². The second-order valence-corrected chi connectivity index (χ2v) is 7.39. The smallest absolute Gasteiger partial charge is 0.216 e. The van der Waals surface area contributed by atoms with Gasteiger partial charge in [0, 0.05) is 4.47 Å². The fourth-order valence-electron chi connectivity index (χ4n) is 2.09. The van der Waals surface area contributed by atoms with Gasteiger partial charge in [0.2, 0.25) is 4.77 Å². The third-order valence-corrected chi connectivity index (χ3v) is 4.81. The molecule has 0 fully saturated rings. The first-order valence-electron chi connectivity index (χ1n) is 7.38. The minimum atomic E-state index is 0.460. The highest BCUT2D eigenvalue weighted by atomic mass is 79.9. The summed E-state index contributed by atoms with van der Waals surface area (Å²) in [6.45, 7) is 2.33. The van der Waals surface area contributed by atoms with Crippen molar-refractivity contribution in [2.75, 3.05) is 0 Å². The molecule has 0 aliphatic carbocycles. The van der Waals surface area contributed by atoms with Crippen molar-refractivity contribution in [3.05, 3.63) is 73.1 Å². The van der Waals surface area contributed by atoms with Crippen molar-refractivity contribution < 1.29 is 4.74 Å². The van der Waals surface area contributed by atoms with Gasteiger partial charge in [-0.2, -0.15) is 14.9 Å². The largest absolute Gasteiger partial charge is 0.488 e. The van der Waals surface area contributed by atoms with Crippen molar-refractivity contribution in [3.8, 4) is 5.75 Å².